The number of aromatic nitrogens is 1. The van der Waals surface area contributed by atoms with Crippen LogP contribution in [0.1, 0.15) is 15.9 Å². The third-order valence-corrected chi connectivity index (χ3v) is 3.44. The molecule has 106 valence electrons. The van der Waals surface area contributed by atoms with E-state index in [1.54, 1.807) is 30.5 Å². The molecule has 0 saturated heterocycles. The molecule has 3 rings (SSSR count). The minimum atomic E-state index is -0.382. The van der Waals surface area contributed by atoms with Gasteiger partial charge < -0.3 is 9.15 Å². The molecule has 0 aliphatic heterocycles. The molecule has 3 aromatic rings. The van der Waals surface area contributed by atoms with Gasteiger partial charge >= 0.3 is 5.97 Å². The summed E-state index contributed by atoms with van der Waals surface area (Å²) in [4.78, 5) is 15.9. The molecule has 0 aliphatic rings. The molecule has 0 saturated carbocycles. The van der Waals surface area contributed by atoms with E-state index in [4.69, 9.17) is 20.8 Å². The highest BCUT2D eigenvalue weighted by Gasteiger charge is 2.13. The molecule has 1 aromatic carbocycles. The van der Waals surface area contributed by atoms with E-state index in [-0.39, 0.29) is 5.97 Å². The molecule has 0 bridgehead atoms. The first kappa shape index (κ1) is 13.6. The van der Waals surface area contributed by atoms with Crippen LogP contribution in [0.3, 0.4) is 0 Å². The molecule has 4 nitrogen and oxygen atoms in total. The summed E-state index contributed by atoms with van der Waals surface area (Å²) in [7, 11) is 1.36. The van der Waals surface area contributed by atoms with Crippen molar-refractivity contribution < 1.29 is 13.9 Å². The Morgan fingerprint density at radius 2 is 2.10 bits per heavy atom. The molecule has 2 aromatic heterocycles. The molecule has 2 heterocycles. The third kappa shape index (κ3) is 2.50. The lowest BCUT2D eigenvalue weighted by molar-refractivity contribution is 0.0600. The molecule has 0 aliphatic carbocycles. The molecule has 0 N–H and O–H groups in total. The second-order valence-corrected chi connectivity index (χ2v) is 5.10. The number of furan rings is 1. The number of halogens is 1. The van der Waals surface area contributed by atoms with Crippen molar-refractivity contribution in [3.8, 4) is 11.3 Å². The molecule has 21 heavy (non-hydrogen) atoms. The lowest BCUT2D eigenvalue weighted by atomic mass is 10.0. The number of benzene rings is 1. The maximum Gasteiger partial charge on any atom is 0.337 e. The van der Waals surface area contributed by atoms with Gasteiger partial charge in [-0.05, 0) is 36.8 Å². The van der Waals surface area contributed by atoms with E-state index in [2.05, 4.69) is 4.98 Å². The highest BCUT2D eigenvalue weighted by atomic mass is 35.5. The van der Waals surface area contributed by atoms with E-state index < -0.39 is 0 Å². The summed E-state index contributed by atoms with van der Waals surface area (Å²) < 4.78 is 10.5. The maximum absolute atomic E-state index is 11.7. The zero-order valence-electron chi connectivity index (χ0n) is 11.5. The van der Waals surface area contributed by atoms with Crippen molar-refractivity contribution in [1.82, 2.24) is 4.98 Å². The van der Waals surface area contributed by atoms with Gasteiger partial charge in [0.15, 0.2) is 5.58 Å². The maximum atomic E-state index is 11.7. The number of pyridine rings is 1. The van der Waals surface area contributed by atoms with Gasteiger partial charge in [0.25, 0.3) is 0 Å². The van der Waals surface area contributed by atoms with Crippen LogP contribution in [-0.2, 0) is 4.74 Å². The molecule has 0 radical (unpaired) electrons. The van der Waals surface area contributed by atoms with Gasteiger partial charge in [0, 0.05) is 17.8 Å². The quantitative estimate of drug-likeness (QED) is 0.664. The molecule has 0 amide bonds. The number of esters is 1. The van der Waals surface area contributed by atoms with E-state index in [9.17, 15) is 4.79 Å². The highest BCUT2D eigenvalue weighted by Crippen LogP contribution is 2.31. The number of hydrogen-bond acceptors (Lipinski definition) is 4. The average Bonchev–Trinajstić information content (AvgIpc) is 2.91. The number of nitrogens with zero attached hydrogens (tertiary/aromatic N) is 1. The summed E-state index contributed by atoms with van der Waals surface area (Å²) in [5, 5.41) is 0.507. The summed E-state index contributed by atoms with van der Waals surface area (Å²) in [5.74, 6) is 0.228. The first-order valence-electron chi connectivity index (χ1n) is 6.33. The van der Waals surface area contributed by atoms with Gasteiger partial charge in [-0.3, -0.25) is 4.98 Å². The highest BCUT2D eigenvalue weighted by molar-refractivity contribution is 6.34. The fraction of sp³-hybridized carbons (Fsp3) is 0.125. The standard InChI is InChI=1S/C16H12ClNO3/c1-9-5-10(7-11(6-9)16(19)20-2)14-8-13-15(21-14)12(17)3-4-18-13/h3-8H,1-2H3. The monoisotopic (exact) mass is 301 g/mol. The van der Waals surface area contributed by atoms with Crippen molar-refractivity contribution in [1.29, 1.82) is 0 Å². The zero-order chi connectivity index (χ0) is 15.0. The van der Waals surface area contributed by atoms with Gasteiger partial charge in [-0.25, -0.2) is 4.79 Å². The van der Waals surface area contributed by atoms with E-state index in [0.29, 0.717) is 27.4 Å². The zero-order valence-corrected chi connectivity index (χ0v) is 12.3. The average molecular weight is 302 g/mol. The van der Waals surface area contributed by atoms with E-state index in [1.165, 1.54) is 7.11 Å². The summed E-state index contributed by atoms with van der Waals surface area (Å²) in [6.45, 7) is 1.91. The lowest BCUT2D eigenvalue weighted by Crippen LogP contribution is -2.01. The minimum absolute atomic E-state index is 0.382. The Hall–Kier alpha value is -2.33. The smallest absolute Gasteiger partial charge is 0.337 e. The van der Waals surface area contributed by atoms with Gasteiger partial charge in [0.05, 0.1) is 17.7 Å². The molecule has 5 heteroatoms. The summed E-state index contributed by atoms with van der Waals surface area (Å²) in [6.07, 6.45) is 1.63. The van der Waals surface area contributed by atoms with Crippen LogP contribution in [0.4, 0.5) is 0 Å². The van der Waals surface area contributed by atoms with Crippen LogP contribution in [0, 0.1) is 6.92 Å². The predicted molar refractivity (Wildman–Crippen MR) is 80.5 cm³/mol. The number of hydrogen-bond donors (Lipinski definition) is 0. The fourth-order valence-corrected chi connectivity index (χ4v) is 2.40. The van der Waals surface area contributed by atoms with Crippen LogP contribution < -0.4 is 0 Å². The summed E-state index contributed by atoms with van der Waals surface area (Å²) >= 11 is 6.09. The second kappa shape index (κ2) is 5.22. The van der Waals surface area contributed by atoms with E-state index in [1.807, 2.05) is 13.0 Å². The molecular weight excluding hydrogens is 290 g/mol. The Morgan fingerprint density at radius 1 is 1.29 bits per heavy atom. The Labute approximate surface area is 126 Å². The first-order valence-corrected chi connectivity index (χ1v) is 6.70. The van der Waals surface area contributed by atoms with E-state index >= 15 is 0 Å². The number of ether oxygens (including phenoxy) is 1. The largest absolute Gasteiger partial charge is 0.465 e. The van der Waals surface area contributed by atoms with Crippen LogP contribution in [0.2, 0.25) is 5.02 Å². The van der Waals surface area contributed by atoms with E-state index in [0.717, 1.165) is 11.1 Å². The Bertz CT molecular complexity index is 839. The van der Waals surface area contributed by atoms with Crippen LogP contribution in [0.15, 0.2) is 40.9 Å². The normalized spacial score (nSPS) is 10.8. The molecular formula is C16H12ClNO3. The van der Waals surface area contributed by atoms with Gasteiger partial charge in [-0.15, -0.1) is 0 Å². The summed E-state index contributed by atoms with van der Waals surface area (Å²) in [5.41, 5.74) is 3.41. The van der Waals surface area contributed by atoms with Crippen molar-refractivity contribution in [3.63, 3.8) is 0 Å². The van der Waals surface area contributed by atoms with Crippen LogP contribution >= 0.6 is 11.6 Å². The van der Waals surface area contributed by atoms with Crippen molar-refractivity contribution in [2.45, 2.75) is 6.92 Å². The van der Waals surface area contributed by atoms with Gasteiger partial charge in [0.1, 0.15) is 11.3 Å². The number of carbonyl (C=O) groups excluding carboxylic acids is 1. The molecule has 0 fully saturated rings. The van der Waals surface area contributed by atoms with Crippen molar-refractivity contribution >= 4 is 28.7 Å². The number of rotatable bonds is 2. The number of fused-ring (bicyclic) bond motifs is 1. The van der Waals surface area contributed by atoms with Crippen molar-refractivity contribution in [2.75, 3.05) is 7.11 Å². The summed E-state index contributed by atoms with van der Waals surface area (Å²) in [6, 6.07) is 8.90. The SMILES string of the molecule is COC(=O)c1cc(C)cc(-c2cc3nccc(Cl)c3o2)c1. The van der Waals surface area contributed by atoms with Crippen LogP contribution in [0.25, 0.3) is 22.4 Å². The van der Waals surface area contributed by atoms with Gasteiger partial charge in [-0.1, -0.05) is 11.6 Å². The Balaban J connectivity index is 2.16. The van der Waals surface area contributed by atoms with Gasteiger partial charge in [-0.2, -0.15) is 0 Å². The van der Waals surface area contributed by atoms with Crippen LogP contribution in [0.5, 0.6) is 0 Å². The molecule has 0 spiro atoms. The third-order valence-electron chi connectivity index (χ3n) is 3.15. The van der Waals surface area contributed by atoms with Gasteiger partial charge in [0.2, 0.25) is 0 Å². The fourth-order valence-electron chi connectivity index (χ4n) is 2.21. The molecule has 0 unspecified atom stereocenters. The second-order valence-electron chi connectivity index (χ2n) is 4.70. The minimum Gasteiger partial charge on any atom is -0.465 e. The van der Waals surface area contributed by atoms with Crippen molar-refractivity contribution in [2.24, 2.45) is 0 Å². The molecule has 0 atom stereocenters. The van der Waals surface area contributed by atoms with Crippen LogP contribution in [-0.4, -0.2) is 18.1 Å². The number of carbonyl (C=O) groups is 1. The first-order chi connectivity index (χ1) is 10.1. The Kier molecular flexibility index (Phi) is 3.39. The number of aryl methyl sites for hydroxylation is 1. The topological polar surface area (TPSA) is 52.3 Å². The number of methoxy groups -OCH3 is 1. The van der Waals surface area contributed by atoms with Crippen molar-refractivity contribution in [3.05, 3.63) is 52.7 Å². The lowest BCUT2D eigenvalue weighted by Gasteiger charge is -2.04. The Morgan fingerprint density at radius 3 is 2.81 bits per heavy atom. The predicted octanol–water partition coefficient (Wildman–Crippen LogP) is 4.24.